The van der Waals surface area contributed by atoms with E-state index in [4.69, 9.17) is 17.3 Å². The summed E-state index contributed by atoms with van der Waals surface area (Å²) in [4.78, 5) is 4.04. The van der Waals surface area contributed by atoms with Crippen LogP contribution in [0, 0.1) is 0 Å². The third-order valence-corrected chi connectivity index (χ3v) is 2.43. The Balaban J connectivity index is 3.01. The molecule has 0 aliphatic rings. The Morgan fingerprint density at radius 1 is 1.67 bits per heavy atom. The van der Waals surface area contributed by atoms with Gasteiger partial charge in [0.15, 0.2) is 0 Å². The van der Waals surface area contributed by atoms with E-state index in [0.29, 0.717) is 5.15 Å². The van der Waals surface area contributed by atoms with Gasteiger partial charge >= 0.3 is 0 Å². The molecule has 1 atom stereocenters. The van der Waals surface area contributed by atoms with E-state index < -0.39 is 0 Å². The van der Waals surface area contributed by atoms with Gasteiger partial charge in [-0.1, -0.05) is 24.6 Å². The fourth-order valence-electron chi connectivity index (χ4n) is 0.919. The molecule has 0 spiro atoms. The molecule has 0 radical (unpaired) electrons. The van der Waals surface area contributed by atoms with Crippen molar-refractivity contribution in [2.45, 2.75) is 19.4 Å². The van der Waals surface area contributed by atoms with Crippen LogP contribution in [0.4, 0.5) is 0 Å². The molecule has 1 aromatic rings. The molecular weight excluding hydrogens is 239 g/mol. The normalized spacial score (nSPS) is 13.0. The van der Waals surface area contributed by atoms with E-state index in [1.807, 2.05) is 19.1 Å². The maximum atomic E-state index is 5.88. The molecule has 1 rings (SSSR count). The van der Waals surface area contributed by atoms with Crippen LogP contribution < -0.4 is 5.73 Å². The highest BCUT2D eigenvalue weighted by Gasteiger charge is 2.08. The lowest BCUT2D eigenvalue weighted by Crippen LogP contribution is -2.09. The molecule has 1 aromatic heterocycles. The zero-order valence-electron chi connectivity index (χ0n) is 6.72. The molecule has 0 fully saturated rings. The van der Waals surface area contributed by atoms with Gasteiger partial charge in [0.25, 0.3) is 0 Å². The highest BCUT2D eigenvalue weighted by atomic mass is 79.9. The van der Waals surface area contributed by atoms with Crippen LogP contribution in [-0.4, -0.2) is 4.98 Å². The lowest BCUT2D eigenvalue weighted by molar-refractivity contribution is 0.695. The molecule has 66 valence electrons. The van der Waals surface area contributed by atoms with Crippen LogP contribution in [0.5, 0.6) is 0 Å². The third-order valence-electron chi connectivity index (χ3n) is 1.68. The first-order valence-corrected chi connectivity index (χ1v) is 4.89. The minimum atomic E-state index is -0.0156. The van der Waals surface area contributed by atoms with Gasteiger partial charge in [-0.3, -0.25) is 0 Å². The quantitative estimate of drug-likeness (QED) is 0.819. The Hall–Kier alpha value is -0.120. The van der Waals surface area contributed by atoms with Crippen molar-refractivity contribution in [1.82, 2.24) is 4.98 Å². The fourth-order valence-corrected chi connectivity index (χ4v) is 1.63. The summed E-state index contributed by atoms with van der Waals surface area (Å²) in [6.45, 7) is 2.02. The van der Waals surface area contributed by atoms with E-state index >= 15 is 0 Å². The van der Waals surface area contributed by atoms with Crippen LogP contribution in [0.1, 0.15) is 24.9 Å². The van der Waals surface area contributed by atoms with Crippen molar-refractivity contribution in [2.24, 2.45) is 5.73 Å². The summed E-state index contributed by atoms with van der Waals surface area (Å²) in [5.41, 5.74) is 6.71. The fraction of sp³-hybridized carbons (Fsp3) is 0.375. The number of hydrogen-bond acceptors (Lipinski definition) is 2. The number of halogens is 2. The van der Waals surface area contributed by atoms with Gasteiger partial charge in [0.1, 0.15) is 9.76 Å². The summed E-state index contributed by atoms with van der Waals surface area (Å²) >= 11 is 9.11. The lowest BCUT2D eigenvalue weighted by atomic mass is 10.1. The summed E-state index contributed by atoms with van der Waals surface area (Å²) < 4.78 is 0.736. The van der Waals surface area contributed by atoms with Crippen molar-refractivity contribution in [2.75, 3.05) is 0 Å². The van der Waals surface area contributed by atoms with Crippen molar-refractivity contribution in [3.05, 3.63) is 27.5 Å². The average molecular weight is 250 g/mol. The van der Waals surface area contributed by atoms with Crippen molar-refractivity contribution in [1.29, 1.82) is 0 Å². The summed E-state index contributed by atoms with van der Waals surface area (Å²) in [5, 5.41) is 0.485. The van der Waals surface area contributed by atoms with E-state index in [0.717, 1.165) is 16.6 Å². The summed E-state index contributed by atoms with van der Waals surface area (Å²) in [7, 11) is 0. The molecule has 0 aromatic carbocycles. The van der Waals surface area contributed by atoms with Crippen LogP contribution in [0.3, 0.4) is 0 Å². The van der Waals surface area contributed by atoms with Crippen LogP contribution in [0.15, 0.2) is 16.7 Å². The molecule has 0 aliphatic carbocycles. The van der Waals surface area contributed by atoms with E-state index in [9.17, 15) is 0 Å². The molecule has 0 saturated carbocycles. The molecule has 2 nitrogen and oxygen atoms in total. The number of aromatic nitrogens is 1. The highest BCUT2D eigenvalue weighted by Crippen LogP contribution is 2.23. The van der Waals surface area contributed by atoms with Gasteiger partial charge in [-0.2, -0.15) is 0 Å². The van der Waals surface area contributed by atoms with Crippen LogP contribution >= 0.6 is 27.5 Å². The van der Waals surface area contributed by atoms with Gasteiger partial charge in [-0.05, 0) is 28.4 Å². The van der Waals surface area contributed by atoms with Crippen LogP contribution in [-0.2, 0) is 0 Å². The zero-order valence-corrected chi connectivity index (χ0v) is 9.06. The molecular formula is C8H10BrClN2. The third kappa shape index (κ3) is 2.19. The maximum Gasteiger partial charge on any atom is 0.135 e. The molecule has 1 heterocycles. The Labute approximate surface area is 85.3 Å². The molecule has 4 heteroatoms. The Morgan fingerprint density at radius 3 is 2.83 bits per heavy atom. The summed E-state index contributed by atoms with van der Waals surface area (Å²) in [6.07, 6.45) is 0.864. The number of hydrogen-bond donors (Lipinski definition) is 1. The standard InChI is InChI=1S/C8H10BrClN2/c1-2-6(11)5-3-4-7(9)12-8(5)10/h3-4,6H,2,11H2,1H3/t6-/m1/s1. The Bertz CT molecular complexity index is 278. The molecule has 0 bridgehead atoms. The van der Waals surface area contributed by atoms with Gasteiger partial charge in [0, 0.05) is 11.6 Å². The Morgan fingerprint density at radius 2 is 2.33 bits per heavy atom. The minimum Gasteiger partial charge on any atom is -0.324 e. The second-order valence-electron chi connectivity index (χ2n) is 2.53. The van der Waals surface area contributed by atoms with E-state index in [2.05, 4.69) is 20.9 Å². The smallest absolute Gasteiger partial charge is 0.135 e. The first kappa shape index (κ1) is 9.96. The van der Waals surface area contributed by atoms with Gasteiger partial charge in [0.05, 0.1) is 0 Å². The summed E-state index contributed by atoms with van der Waals surface area (Å²) in [5.74, 6) is 0. The zero-order chi connectivity index (χ0) is 9.14. The lowest BCUT2D eigenvalue weighted by Gasteiger charge is -2.09. The summed E-state index contributed by atoms with van der Waals surface area (Å²) in [6, 6.07) is 3.72. The van der Waals surface area contributed by atoms with E-state index in [-0.39, 0.29) is 6.04 Å². The predicted octanol–water partition coefficient (Wildman–Crippen LogP) is 2.91. The second-order valence-corrected chi connectivity index (χ2v) is 3.70. The molecule has 2 N–H and O–H groups in total. The Kier molecular flexibility index (Phi) is 3.50. The van der Waals surface area contributed by atoms with Crippen molar-refractivity contribution >= 4 is 27.5 Å². The maximum absolute atomic E-state index is 5.88. The van der Waals surface area contributed by atoms with Crippen LogP contribution in [0.2, 0.25) is 5.15 Å². The number of nitrogens with two attached hydrogens (primary N) is 1. The largest absolute Gasteiger partial charge is 0.324 e. The first-order valence-electron chi connectivity index (χ1n) is 3.72. The average Bonchev–Trinajstić information content (AvgIpc) is 2.03. The van der Waals surface area contributed by atoms with Gasteiger partial charge in [0.2, 0.25) is 0 Å². The van der Waals surface area contributed by atoms with Gasteiger partial charge < -0.3 is 5.73 Å². The number of rotatable bonds is 2. The van der Waals surface area contributed by atoms with Gasteiger partial charge in [-0.25, -0.2) is 4.98 Å². The number of pyridine rings is 1. The predicted molar refractivity (Wildman–Crippen MR) is 54.2 cm³/mol. The van der Waals surface area contributed by atoms with Crippen molar-refractivity contribution in [3.63, 3.8) is 0 Å². The molecule has 0 amide bonds. The molecule has 0 unspecified atom stereocenters. The van der Waals surface area contributed by atoms with Gasteiger partial charge in [-0.15, -0.1) is 0 Å². The van der Waals surface area contributed by atoms with Crippen molar-refractivity contribution < 1.29 is 0 Å². The number of nitrogens with zero attached hydrogens (tertiary/aromatic N) is 1. The monoisotopic (exact) mass is 248 g/mol. The highest BCUT2D eigenvalue weighted by molar-refractivity contribution is 9.10. The van der Waals surface area contributed by atoms with Crippen LogP contribution in [0.25, 0.3) is 0 Å². The van der Waals surface area contributed by atoms with E-state index in [1.54, 1.807) is 0 Å². The van der Waals surface area contributed by atoms with Crippen molar-refractivity contribution in [3.8, 4) is 0 Å². The molecule has 0 aliphatic heterocycles. The molecule has 0 saturated heterocycles. The first-order chi connectivity index (χ1) is 5.65. The SMILES string of the molecule is CC[C@@H](N)c1ccc(Br)nc1Cl. The minimum absolute atomic E-state index is 0.0156. The second kappa shape index (κ2) is 4.21. The van der Waals surface area contributed by atoms with E-state index in [1.165, 1.54) is 0 Å². The molecule has 12 heavy (non-hydrogen) atoms. The topological polar surface area (TPSA) is 38.9 Å².